The Hall–Kier alpha value is -3.42. The molecule has 8 heteroatoms. The molecule has 1 fully saturated rings. The number of H-pyrrole nitrogens is 1. The minimum absolute atomic E-state index is 0.192. The number of carboxylic acid groups (broad SMARTS) is 1. The number of piperidine rings is 1. The first kappa shape index (κ1) is 18.4. The van der Waals surface area contributed by atoms with Crippen molar-refractivity contribution < 1.29 is 19.5 Å². The van der Waals surface area contributed by atoms with Gasteiger partial charge in [-0.3, -0.25) is 14.4 Å². The first-order valence-electron chi connectivity index (χ1n) is 8.59. The van der Waals surface area contributed by atoms with Gasteiger partial charge in [0, 0.05) is 35.6 Å². The van der Waals surface area contributed by atoms with Crippen LogP contribution < -0.4 is 10.9 Å². The minimum atomic E-state index is -1.01. The number of aromatic amines is 1. The van der Waals surface area contributed by atoms with Crippen LogP contribution in [-0.4, -0.2) is 45.4 Å². The van der Waals surface area contributed by atoms with Gasteiger partial charge in [-0.2, -0.15) is 0 Å². The van der Waals surface area contributed by atoms with E-state index >= 15 is 0 Å². The number of hydrogen-bond donors (Lipinski definition) is 3. The molecule has 0 bridgehead atoms. The third-order valence-corrected chi connectivity index (χ3v) is 4.45. The van der Waals surface area contributed by atoms with Crippen molar-refractivity contribution in [1.82, 2.24) is 9.88 Å². The summed E-state index contributed by atoms with van der Waals surface area (Å²) in [5, 5.41) is 12.0. The third-order valence-electron chi connectivity index (χ3n) is 4.45. The summed E-state index contributed by atoms with van der Waals surface area (Å²) in [6.45, 7) is 0.388. The zero-order valence-corrected chi connectivity index (χ0v) is 14.5. The van der Waals surface area contributed by atoms with E-state index in [2.05, 4.69) is 10.3 Å². The van der Waals surface area contributed by atoms with Crippen molar-refractivity contribution in [3.63, 3.8) is 0 Å². The average molecular weight is 369 g/mol. The molecule has 2 aromatic rings. The zero-order chi connectivity index (χ0) is 19.4. The van der Waals surface area contributed by atoms with Gasteiger partial charge in [-0.25, -0.2) is 4.79 Å². The molecule has 140 valence electrons. The highest BCUT2D eigenvalue weighted by molar-refractivity contribution is 6.05. The van der Waals surface area contributed by atoms with Crippen LogP contribution in [0, 0.1) is 0 Å². The van der Waals surface area contributed by atoms with Crippen LogP contribution in [0.3, 0.4) is 0 Å². The average Bonchev–Trinajstić information content (AvgIpc) is 2.67. The molecule has 1 aromatic heterocycles. The quantitative estimate of drug-likeness (QED) is 0.758. The molecule has 8 nitrogen and oxygen atoms in total. The van der Waals surface area contributed by atoms with Gasteiger partial charge in [0.05, 0.1) is 0 Å². The number of hydrogen-bond acceptors (Lipinski definition) is 4. The van der Waals surface area contributed by atoms with E-state index in [1.54, 1.807) is 18.2 Å². The molecule has 3 N–H and O–H groups in total. The summed E-state index contributed by atoms with van der Waals surface area (Å²) in [7, 11) is 0. The molecule has 1 saturated heterocycles. The van der Waals surface area contributed by atoms with Crippen LogP contribution in [0.5, 0.6) is 0 Å². The number of carbonyl (C=O) groups excluding carboxylic acids is 2. The van der Waals surface area contributed by atoms with Gasteiger partial charge in [0.1, 0.15) is 6.04 Å². The number of amides is 2. The summed E-state index contributed by atoms with van der Waals surface area (Å²) in [5.41, 5.74) is 0.482. The van der Waals surface area contributed by atoms with Gasteiger partial charge in [0.2, 0.25) is 5.56 Å². The molecule has 0 radical (unpaired) electrons. The van der Waals surface area contributed by atoms with Crippen LogP contribution in [0.15, 0.2) is 47.4 Å². The number of pyridine rings is 1. The maximum atomic E-state index is 12.8. The Bertz CT molecular complexity index is 937. The zero-order valence-electron chi connectivity index (χ0n) is 14.5. The van der Waals surface area contributed by atoms with Gasteiger partial charge in [-0.15, -0.1) is 0 Å². The fourth-order valence-corrected chi connectivity index (χ4v) is 3.12. The second-order valence-corrected chi connectivity index (χ2v) is 6.32. The molecule has 0 aliphatic carbocycles. The molecule has 2 heterocycles. The van der Waals surface area contributed by atoms with E-state index in [0.29, 0.717) is 24.2 Å². The van der Waals surface area contributed by atoms with Crippen molar-refractivity contribution in [2.45, 2.75) is 25.3 Å². The van der Waals surface area contributed by atoms with E-state index < -0.39 is 23.5 Å². The Morgan fingerprint density at radius 2 is 1.93 bits per heavy atom. The largest absolute Gasteiger partial charge is 0.480 e. The Labute approximate surface area is 154 Å². The van der Waals surface area contributed by atoms with E-state index in [1.807, 2.05) is 0 Å². The Balaban J connectivity index is 1.78. The second-order valence-electron chi connectivity index (χ2n) is 6.32. The molecule has 1 aliphatic heterocycles. The molecule has 1 aromatic carbocycles. The number of anilines is 1. The number of rotatable bonds is 4. The summed E-state index contributed by atoms with van der Waals surface area (Å²) in [4.78, 5) is 51.6. The van der Waals surface area contributed by atoms with Crippen molar-refractivity contribution in [2.24, 2.45) is 0 Å². The highest BCUT2D eigenvalue weighted by atomic mass is 16.4. The van der Waals surface area contributed by atoms with E-state index in [9.17, 15) is 24.3 Å². The Morgan fingerprint density at radius 3 is 2.67 bits per heavy atom. The maximum Gasteiger partial charge on any atom is 0.326 e. The number of aliphatic carboxylic acids is 1. The van der Waals surface area contributed by atoms with E-state index in [4.69, 9.17) is 0 Å². The van der Waals surface area contributed by atoms with Gasteiger partial charge in [-0.1, -0.05) is 6.07 Å². The van der Waals surface area contributed by atoms with E-state index in [1.165, 1.54) is 29.3 Å². The number of likely N-dealkylation sites (tertiary alicyclic amines) is 1. The van der Waals surface area contributed by atoms with Crippen molar-refractivity contribution in [2.75, 3.05) is 11.9 Å². The van der Waals surface area contributed by atoms with Crippen molar-refractivity contribution >= 4 is 23.5 Å². The number of aromatic nitrogens is 1. The predicted molar refractivity (Wildman–Crippen MR) is 97.8 cm³/mol. The molecular weight excluding hydrogens is 350 g/mol. The first-order valence-corrected chi connectivity index (χ1v) is 8.59. The lowest BCUT2D eigenvalue weighted by molar-refractivity contribution is -0.143. The molecule has 1 atom stereocenters. The van der Waals surface area contributed by atoms with Crippen LogP contribution in [0.4, 0.5) is 5.69 Å². The fraction of sp³-hybridized carbons (Fsp3) is 0.263. The minimum Gasteiger partial charge on any atom is -0.480 e. The summed E-state index contributed by atoms with van der Waals surface area (Å²) >= 11 is 0. The monoisotopic (exact) mass is 369 g/mol. The number of benzene rings is 1. The van der Waals surface area contributed by atoms with Crippen molar-refractivity contribution in [3.8, 4) is 0 Å². The number of carbonyl (C=O) groups is 3. The summed E-state index contributed by atoms with van der Waals surface area (Å²) in [6, 6.07) is 8.12. The normalized spacial score (nSPS) is 16.6. The lowest BCUT2D eigenvalue weighted by atomic mass is 10.0. The maximum absolute atomic E-state index is 12.8. The van der Waals surface area contributed by atoms with E-state index in [-0.39, 0.29) is 11.5 Å². The standard InChI is InChI=1S/C19H19N3O5/c23-16-11-12(7-8-20-16)17(24)21-14-5-3-4-13(10-14)18(25)22-9-2-1-6-15(22)19(26)27/h3-5,7-8,10-11,15H,1-2,6,9H2,(H,20,23)(H,21,24)(H,26,27). The summed E-state index contributed by atoms with van der Waals surface area (Å²) in [5.74, 6) is -1.87. The number of nitrogens with one attached hydrogen (secondary N) is 2. The molecule has 3 rings (SSSR count). The fourth-order valence-electron chi connectivity index (χ4n) is 3.12. The predicted octanol–water partition coefficient (Wildman–Crippen LogP) is 1.71. The smallest absolute Gasteiger partial charge is 0.326 e. The highest BCUT2D eigenvalue weighted by Gasteiger charge is 2.32. The molecule has 27 heavy (non-hydrogen) atoms. The molecule has 2 amide bonds. The van der Waals surface area contributed by atoms with Gasteiger partial charge in [-0.05, 0) is 43.5 Å². The molecular formula is C19H19N3O5. The van der Waals surface area contributed by atoms with Crippen LogP contribution in [0.25, 0.3) is 0 Å². The topological polar surface area (TPSA) is 120 Å². The van der Waals surface area contributed by atoms with Crippen LogP contribution >= 0.6 is 0 Å². The number of nitrogens with zero attached hydrogens (tertiary/aromatic N) is 1. The van der Waals surface area contributed by atoms with Crippen LogP contribution in [0.2, 0.25) is 0 Å². The van der Waals surface area contributed by atoms with Crippen LogP contribution in [0.1, 0.15) is 40.0 Å². The Morgan fingerprint density at radius 1 is 1.11 bits per heavy atom. The Kier molecular flexibility index (Phi) is 5.35. The SMILES string of the molecule is O=C(Nc1cccc(C(=O)N2CCCCC2C(=O)O)c1)c1cc[nH]c(=O)c1. The molecule has 1 unspecified atom stereocenters. The number of carboxylic acids is 1. The molecule has 0 saturated carbocycles. The van der Waals surface area contributed by atoms with Gasteiger partial charge >= 0.3 is 5.97 Å². The summed E-state index contributed by atoms with van der Waals surface area (Å²) in [6.07, 6.45) is 3.33. The second kappa shape index (κ2) is 7.86. The molecule has 0 spiro atoms. The lowest BCUT2D eigenvalue weighted by Crippen LogP contribution is -2.48. The lowest BCUT2D eigenvalue weighted by Gasteiger charge is -2.33. The van der Waals surface area contributed by atoms with Crippen molar-refractivity contribution in [3.05, 3.63) is 64.1 Å². The van der Waals surface area contributed by atoms with E-state index in [0.717, 1.165) is 12.8 Å². The van der Waals surface area contributed by atoms with Crippen LogP contribution in [-0.2, 0) is 4.79 Å². The third kappa shape index (κ3) is 4.22. The van der Waals surface area contributed by atoms with Crippen molar-refractivity contribution in [1.29, 1.82) is 0 Å². The molecule has 1 aliphatic rings. The summed E-state index contributed by atoms with van der Waals surface area (Å²) < 4.78 is 0. The van der Waals surface area contributed by atoms with Gasteiger partial charge < -0.3 is 20.3 Å². The van der Waals surface area contributed by atoms with Gasteiger partial charge in [0.25, 0.3) is 11.8 Å². The first-order chi connectivity index (χ1) is 13.0. The highest BCUT2D eigenvalue weighted by Crippen LogP contribution is 2.21. The van der Waals surface area contributed by atoms with Gasteiger partial charge in [0.15, 0.2) is 0 Å².